The highest BCUT2D eigenvalue weighted by atomic mass is 19.4. The molecule has 0 aliphatic heterocycles. The summed E-state index contributed by atoms with van der Waals surface area (Å²) in [7, 11) is 1.43. The SMILES string of the molecule is COc1cncc(C(=O)CCOCC(F)(F)F)c1. The van der Waals surface area contributed by atoms with Gasteiger partial charge in [0.2, 0.25) is 0 Å². The molecule has 0 bridgehead atoms. The molecule has 4 nitrogen and oxygen atoms in total. The summed E-state index contributed by atoms with van der Waals surface area (Å²) >= 11 is 0. The Kier molecular flexibility index (Phi) is 5.08. The van der Waals surface area contributed by atoms with Crippen LogP contribution in [0.2, 0.25) is 0 Å². The fraction of sp³-hybridized carbons (Fsp3) is 0.455. The fourth-order valence-electron chi connectivity index (χ4n) is 1.18. The molecule has 7 heteroatoms. The van der Waals surface area contributed by atoms with Crippen molar-refractivity contribution in [3.05, 3.63) is 24.0 Å². The number of ketones is 1. The van der Waals surface area contributed by atoms with E-state index < -0.39 is 12.8 Å². The third kappa shape index (κ3) is 5.13. The minimum absolute atomic E-state index is 0.134. The van der Waals surface area contributed by atoms with E-state index in [0.717, 1.165) is 0 Å². The number of halogens is 3. The first kappa shape index (κ1) is 14.4. The molecule has 1 aromatic heterocycles. The van der Waals surface area contributed by atoms with E-state index in [4.69, 9.17) is 4.74 Å². The minimum atomic E-state index is -4.37. The van der Waals surface area contributed by atoms with E-state index in [1.165, 1.54) is 25.6 Å². The van der Waals surface area contributed by atoms with Crippen molar-refractivity contribution in [1.82, 2.24) is 4.98 Å². The first-order valence-corrected chi connectivity index (χ1v) is 5.09. The third-order valence-electron chi connectivity index (χ3n) is 2.01. The van der Waals surface area contributed by atoms with Gasteiger partial charge in [0.25, 0.3) is 0 Å². The molecule has 0 fully saturated rings. The van der Waals surface area contributed by atoms with Gasteiger partial charge in [-0.3, -0.25) is 9.78 Å². The molecule has 0 saturated heterocycles. The van der Waals surface area contributed by atoms with Crippen LogP contribution >= 0.6 is 0 Å². The van der Waals surface area contributed by atoms with Gasteiger partial charge in [0, 0.05) is 18.2 Å². The summed E-state index contributed by atoms with van der Waals surface area (Å²) in [5, 5.41) is 0. The highest BCUT2D eigenvalue weighted by molar-refractivity contribution is 5.96. The van der Waals surface area contributed by atoms with Gasteiger partial charge in [-0.1, -0.05) is 0 Å². The van der Waals surface area contributed by atoms with E-state index in [-0.39, 0.29) is 24.4 Å². The van der Waals surface area contributed by atoms with Crippen LogP contribution in [0.5, 0.6) is 5.75 Å². The maximum atomic E-state index is 11.8. The molecule has 0 spiro atoms. The molecule has 1 heterocycles. The van der Waals surface area contributed by atoms with Crippen LogP contribution in [-0.4, -0.2) is 37.3 Å². The van der Waals surface area contributed by atoms with E-state index in [2.05, 4.69) is 9.72 Å². The monoisotopic (exact) mass is 263 g/mol. The highest BCUT2D eigenvalue weighted by Gasteiger charge is 2.27. The van der Waals surface area contributed by atoms with Gasteiger partial charge in [-0.05, 0) is 6.07 Å². The maximum absolute atomic E-state index is 11.8. The zero-order chi connectivity index (χ0) is 13.6. The molecule has 0 N–H and O–H groups in total. The number of carbonyl (C=O) groups excluding carboxylic acids is 1. The van der Waals surface area contributed by atoms with Gasteiger partial charge in [0.05, 0.1) is 19.9 Å². The molecule has 1 rings (SSSR count). The van der Waals surface area contributed by atoms with E-state index in [1.807, 2.05) is 0 Å². The number of rotatable bonds is 6. The first-order valence-electron chi connectivity index (χ1n) is 5.09. The summed E-state index contributed by atoms with van der Waals surface area (Å²) < 4.78 is 44.5. The Balaban J connectivity index is 2.41. The van der Waals surface area contributed by atoms with Gasteiger partial charge in [-0.15, -0.1) is 0 Å². The lowest BCUT2D eigenvalue weighted by molar-refractivity contribution is -0.173. The summed E-state index contributed by atoms with van der Waals surface area (Å²) in [6.45, 7) is -1.63. The number of hydrogen-bond acceptors (Lipinski definition) is 4. The van der Waals surface area contributed by atoms with Crippen molar-refractivity contribution in [3.63, 3.8) is 0 Å². The topological polar surface area (TPSA) is 48.4 Å². The summed E-state index contributed by atoms with van der Waals surface area (Å²) in [6.07, 6.45) is -1.75. The largest absolute Gasteiger partial charge is 0.495 e. The Bertz CT molecular complexity index is 407. The number of ether oxygens (including phenoxy) is 2. The standard InChI is InChI=1S/C11H12F3NO3/c1-17-9-4-8(5-15-6-9)10(16)2-3-18-7-11(12,13)14/h4-6H,2-3,7H2,1H3. The van der Waals surface area contributed by atoms with E-state index in [1.54, 1.807) is 0 Å². The van der Waals surface area contributed by atoms with Gasteiger partial charge in [-0.25, -0.2) is 0 Å². The number of pyridine rings is 1. The number of nitrogens with zero attached hydrogens (tertiary/aromatic N) is 1. The van der Waals surface area contributed by atoms with E-state index >= 15 is 0 Å². The first-order chi connectivity index (χ1) is 8.42. The predicted molar refractivity (Wildman–Crippen MR) is 56.6 cm³/mol. The second-order valence-corrected chi connectivity index (χ2v) is 3.45. The quantitative estimate of drug-likeness (QED) is 0.583. The summed E-state index contributed by atoms with van der Waals surface area (Å²) in [5.41, 5.74) is 0.282. The number of Topliss-reactive ketones (excluding diaryl/α,β-unsaturated/α-hetero) is 1. The van der Waals surface area contributed by atoms with Crippen LogP contribution in [0, 0.1) is 0 Å². The Morgan fingerprint density at radius 3 is 2.72 bits per heavy atom. The van der Waals surface area contributed by atoms with Gasteiger partial charge in [0.15, 0.2) is 5.78 Å². The average Bonchev–Trinajstić information content (AvgIpc) is 2.33. The predicted octanol–water partition coefficient (Wildman–Crippen LogP) is 2.24. The van der Waals surface area contributed by atoms with E-state index in [0.29, 0.717) is 5.75 Å². The Morgan fingerprint density at radius 1 is 1.39 bits per heavy atom. The molecule has 0 unspecified atom stereocenters. The van der Waals surface area contributed by atoms with Gasteiger partial charge in [-0.2, -0.15) is 13.2 Å². The Labute approximate surface area is 102 Å². The van der Waals surface area contributed by atoms with Crippen molar-refractivity contribution in [2.75, 3.05) is 20.3 Å². The molecule has 1 aromatic rings. The van der Waals surface area contributed by atoms with Crippen LogP contribution in [0.3, 0.4) is 0 Å². The van der Waals surface area contributed by atoms with Crippen molar-refractivity contribution in [2.45, 2.75) is 12.6 Å². The van der Waals surface area contributed by atoms with Crippen LogP contribution in [0.15, 0.2) is 18.5 Å². The lowest BCUT2D eigenvalue weighted by Gasteiger charge is -2.07. The van der Waals surface area contributed by atoms with Gasteiger partial charge >= 0.3 is 6.18 Å². The molecule has 18 heavy (non-hydrogen) atoms. The zero-order valence-corrected chi connectivity index (χ0v) is 9.66. The third-order valence-corrected chi connectivity index (χ3v) is 2.01. The molecule has 0 radical (unpaired) electrons. The van der Waals surface area contributed by atoms with Crippen molar-refractivity contribution in [2.24, 2.45) is 0 Å². The van der Waals surface area contributed by atoms with Crippen molar-refractivity contribution in [1.29, 1.82) is 0 Å². The zero-order valence-electron chi connectivity index (χ0n) is 9.66. The summed E-state index contributed by atoms with van der Waals surface area (Å²) in [4.78, 5) is 15.4. The number of alkyl halides is 3. The lowest BCUT2D eigenvalue weighted by atomic mass is 10.1. The Morgan fingerprint density at radius 2 is 2.11 bits per heavy atom. The maximum Gasteiger partial charge on any atom is 0.411 e. The highest BCUT2D eigenvalue weighted by Crippen LogP contribution is 2.15. The normalized spacial score (nSPS) is 11.3. The molecule has 0 aromatic carbocycles. The van der Waals surface area contributed by atoms with Gasteiger partial charge in [0.1, 0.15) is 12.4 Å². The van der Waals surface area contributed by atoms with Crippen LogP contribution in [0.4, 0.5) is 13.2 Å². The molecule has 0 aliphatic rings. The van der Waals surface area contributed by atoms with Crippen molar-refractivity contribution >= 4 is 5.78 Å². The van der Waals surface area contributed by atoms with Crippen molar-refractivity contribution < 1.29 is 27.4 Å². The fourth-order valence-corrected chi connectivity index (χ4v) is 1.18. The molecule has 0 amide bonds. The van der Waals surface area contributed by atoms with E-state index in [9.17, 15) is 18.0 Å². The molecular formula is C11H12F3NO3. The lowest BCUT2D eigenvalue weighted by Crippen LogP contribution is -2.18. The summed E-state index contributed by atoms with van der Waals surface area (Å²) in [5.74, 6) is 0.0700. The molecule has 0 atom stereocenters. The van der Waals surface area contributed by atoms with Crippen molar-refractivity contribution in [3.8, 4) is 5.75 Å². The number of hydrogen-bond donors (Lipinski definition) is 0. The average molecular weight is 263 g/mol. The number of methoxy groups -OCH3 is 1. The Hall–Kier alpha value is -1.63. The molecule has 0 saturated carbocycles. The van der Waals surface area contributed by atoms with Crippen LogP contribution in [0.1, 0.15) is 16.8 Å². The minimum Gasteiger partial charge on any atom is -0.495 e. The second-order valence-electron chi connectivity index (χ2n) is 3.45. The van der Waals surface area contributed by atoms with Crippen LogP contribution in [0.25, 0.3) is 0 Å². The van der Waals surface area contributed by atoms with Crippen LogP contribution in [-0.2, 0) is 4.74 Å². The number of carbonyl (C=O) groups is 1. The van der Waals surface area contributed by atoms with Gasteiger partial charge < -0.3 is 9.47 Å². The summed E-state index contributed by atoms with van der Waals surface area (Å²) in [6, 6.07) is 1.47. The second kappa shape index (κ2) is 6.34. The molecule has 100 valence electrons. The number of aromatic nitrogens is 1. The molecule has 0 aliphatic carbocycles. The van der Waals surface area contributed by atoms with Crippen LogP contribution < -0.4 is 4.74 Å². The molecular weight excluding hydrogens is 251 g/mol. The smallest absolute Gasteiger partial charge is 0.411 e.